The van der Waals surface area contributed by atoms with Gasteiger partial charge in [-0.15, -0.1) is 0 Å². The van der Waals surface area contributed by atoms with E-state index in [1.54, 1.807) is 4.57 Å². The SMILES string of the molecule is CCn1cc(-c2cc(N3CCC[C@@H](N)C3)c3c(N)ncnn23)cc(C)c1=O. The van der Waals surface area contributed by atoms with E-state index in [2.05, 4.69) is 21.0 Å². The first-order valence-electron chi connectivity index (χ1n) is 9.33. The topological polar surface area (TPSA) is 107 Å². The second-order valence-corrected chi connectivity index (χ2v) is 7.17. The molecule has 1 saturated heterocycles. The highest BCUT2D eigenvalue weighted by Gasteiger charge is 2.24. The Kier molecular flexibility index (Phi) is 4.35. The fourth-order valence-electron chi connectivity index (χ4n) is 3.88. The summed E-state index contributed by atoms with van der Waals surface area (Å²) in [7, 11) is 0. The lowest BCUT2D eigenvalue weighted by Crippen LogP contribution is -2.42. The van der Waals surface area contributed by atoms with E-state index in [1.165, 1.54) is 6.33 Å². The standard InChI is InChI=1S/C19H25N7O/c1-3-24-9-13(7-12(2)19(24)27)15-8-16(25-6-4-5-14(20)10-25)17-18(21)22-11-23-26(15)17/h7-9,11,14H,3-6,10,20H2,1-2H3,(H2,21,22,23)/t14-/m1/s1. The molecule has 4 rings (SSSR count). The van der Waals surface area contributed by atoms with Crippen molar-refractivity contribution in [2.75, 3.05) is 23.7 Å². The van der Waals surface area contributed by atoms with Crippen molar-refractivity contribution in [1.29, 1.82) is 0 Å². The van der Waals surface area contributed by atoms with E-state index in [0.29, 0.717) is 17.9 Å². The van der Waals surface area contributed by atoms with Crippen LogP contribution in [0.15, 0.2) is 29.5 Å². The largest absolute Gasteiger partial charge is 0.382 e. The normalized spacial score (nSPS) is 17.6. The highest BCUT2D eigenvalue weighted by molar-refractivity contribution is 5.88. The van der Waals surface area contributed by atoms with Crippen molar-refractivity contribution in [2.45, 2.75) is 39.3 Å². The molecular weight excluding hydrogens is 342 g/mol. The van der Waals surface area contributed by atoms with E-state index in [0.717, 1.165) is 48.4 Å². The monoisotopic (exact) mass is 367 g/mol. The Morgan fingerprint density at radius 2 is 2.15 bits per heavy atom. The minimum Gasteiger partial charge on any atom is -0.382 e. The molecule has 1 aliphatic heterocycles. The minimum atomic E-state index is 0.0264. The van der Waals surface area contributed by atoms with Crippen molar-refractivity contribution >= 4 is 17.0 Å². The van der Waals surface area contributed by atoms with Gasteiger partial charge in [-0.25, -0.2) is 9.50 Å². The van der Waals surface area contributed by atoms with Gasteiger partial charge in [0.2, 0.25) is 0 Å². The fraction of sp³-hybridized carbons (Fsp3) is 0.421. The molecule has 27 heavy (non-hydrogen) atoms. The zero-order chi connectivity index (χ0) is 19.1. The number of nitrogen functional groups attached to an aromatic ring is 1. The third-order valence-corrected chi connectivity index (χ3v) is 5.26. The van der Waals surface area contributed by atoms with Crippen molar-refractivity contribution in [2.24, 2.45) is 5.73 Å². The Labute approximate surface area is 157 Å². The Balaban J connectivity index is 1.94. The Hall–Kier alpha value is -2.87. The van der Waals surface area contributed by atoms with Crippen molar-refractivity contribution < 1.29 is 0 Å². The van der Waals surface area contributed by atoms with Gasteiger partial charge >= 0.3 is 0 Å². The van der Waals surface area contributed by atoms with Gasteiger partial charge in [0.1, 0.15) is 11.8 Å². The molecule has 0 saturated carbocycles. The maximum atomic E-state index is 12.3. The van der Waals surface area contributed by atoms with Crippen LogP contribution in [0.3, 0.4) is 0 Å². The van der Waals surface area contributed by atoms with E-state index in [-0.39, 0.29) is 11.6 Å². The molecule has 0 aromatic carbocycles. The number of nitrogens with zero attached hydrogens (tertiary/aromatic N) is 5. The zero-order valence-electron chi connectivity index (χ0n) is 15.7. The molecule has 0 spiro atoms. The summed E-state index contributed by atoms with van der Waals surface area (Å²) in [5.74, 6) is 0.436. The molecule has 142 valence electrons. The molecule has 1 atom stereocenters. The van der Waals surface area contributed by atoms with Crippen LogP contribution in [-0.2, 0) is 6.54 Å². The van der Waals surface area contributed by atoms with Gasteiger partial charge in [-0.2, -0.15) is 5.10 Å². The molecule has 8 heteroatoms. The molecule has 4 N–H and O–H groups in total. The highest BCUT2D eigenvalue weighted by atomic mass is 16.1. The number of hydrogen-bond acceptors (Lipinski definition) is 6. The third-order valence-electron chi connectivity index (χ3n) is 5.26. The lowest BCUT2D eigenvalue weighted by molar-refractivity contribution is 0.507. The van der Waals surface area contributed by atoms with E-state index < -0.39 is 0 Å². The van der Waals surface area contributed by atoms with Gasteiger partial charge in [0, 0.05) is 43.0 Å². The predicted octanol–water partition coefficient (Wildman–Crippen LogP) is 1.40. The Morgan fingerprint density at radius 1 is 1.33 bits per heavy atom. The number of hydrogen-bond donors (Lipinski definition) is 2. The van der Waals surface area contributed by atoms with Crippen LogP contribution in [0.5, 0.6) is 0 Å². The van der Waals surface area contributed by atoms with Gasteiger partial charge in [0.15, 0.2) is 5.82 Å². The van der Waals surface area contributed by atoms with Crippen LogP contribution in [-0.4, -0.2) is 38.3 Å². The van der Waals surface area contributed by atoms with Crippen LogP contribution >= 0.6 is 0 Å². The number of aromatic nitrogens is 4. The minimum absolute atomic E-state index is 0.0264. The summed E-state index contributed by atoms with van der Waals surface area (Å²) in [6.07, 6.45) is 5.41. The Bertz CT molecular complexity index is 1050. The molecule has 4 heterocycles. The average molecular weight is 367 g/mol. The quantitative estimate of drug-likeness (QED) is 0.724. The average Bonchev–Trinajstić information content (AvgIpc) is 3.05. The third kappa shape index (κ3) is 2.95. The molecule has 0 radical (unpaired) electrons. The van der Waals surface area contributed by atoms with Crippen LogP contribution < -0.4 is 21.9 Å². The molecule has 0 unspecified atom stereocenters. The van der Waals surface area contributed by atoms with Crippen molar-refractivity contribution in [3.63, 3.8) is 0 Å². The summed E-state index contributed by atoms with van der Waals surface area (Å²) in [6, 6.07) is 4.13. The number of pyridine rings is 1. The summed E-state index contributed by atoms with van der Waals surface area (Å²) in [5, 5.41) is 4.44. The number of nitrogens with two attached hydrogens (primary N) is 2. The second kappa shape index (κ2) is 6.70. The maximum Gasteiger partial charge on any atom is 0.253 e. The van der Waals surface area contributed by atoms with E-state index in [9.17, 15) is 4.79 Å². The second-order valence-electron chi connectivity index (χ2n) is 7.17. The zero-order valence-corrected chi connectivity index (χ0v) is 15.7. The van der Waals surface area contributed by atoms with Crippen LogP contribution in [0, 0.1) is 6.92 Å². The van der Waals surface area contributed by atoms with Crippen LogP contribution in [0.1, 0.15) is 25.3 Å². The van der Waals surface area contributed by atoms with E-state index in [1.807, 2.05) is 30.6 Å². The molecule has 1 aliphatic rings. The number of anilines is 2. The maximum absolute atomic E-state index is 12.3. The number of fused-ring (bicyclic) bond motifs is 1. The number of piperidine rings is 1. The number of aryl methyl sites for hydroxylation is 2. The van der Waals surface area contributed by atoms with Crippen molar-refractivity contribution in [3.8, 4) is 11.3 Å². The molecule has 0 aliphatic carbocycles. The van der Waals surface area contributed by atoms with Gasteiger partial charge in [0.25, 0.3) is 5.56 Å². The van der Waals surface area contributed by atoms with Gasteiger partial charge in [-0.3, -0.25) is 4.79 Å². The molecule has 1 fully saturated rings. The summed E-state index contributed by atoms with van der Waals surface area (Å²) in [5.41, 5.74) is 16.7. The predicted molar refractivity (Wildman–Crippen MR) is 107 cm³/mol. The van der Waals surface area contributed by atoms with Crippen LogP contribution in [0.4, 0.5) is 11.5 Å². The van der Waals surface area contributed by atoms with Crippen molar-refractivity contribution in [3.05, 3.63) is 40.6 Å². The van der Waals surface area contributed by atoms with Crippen LogP contribution in [0.25, 0.3) is 16.8 Å². The summed E-state index contributed by atoms with van der Waals surface area (Å²) >= 11 is 0. The first-order chi connectivity index (χ1) is 13.0. The molecule has 3 aromatic rings. The summed E-state index contributed by atoms with van der Waals surface area (Å²) in [6.45, 7) is 6.11. The summed E-state index contributed by atoms with van der Waals surface area (Å²) < 4.78 is 3.53. The molecule has 0 amide bonds. The Morgan fingerprint density at radius 3 is 2.89 bits per heavy atom. The van der Waals surface area contributed by atoms with Gasteiger partial charge in [0.05, 0.1) is 11.4 Å². The van der Waals surface area contributed by atoms with E-state index in [4.69, 9.17) is 11.5 Å². The van der Waals surface area contributed by atoms with Gasteiger partial charge < -0.3 is 20.9 Å². The summed E-state index contributed by atoms with van der Waals surface area (Å²) in [4.78, 5) is 18.7. The highest BCUT2D eigenvalue weighted by Crippen LogP contribution is 2.34. The molecule has 0 bridgehead atoms. The van der Waals surface area contributed by atoms with Crippen molar-refractivity contribution in [1.82, 2.24) is 19.2 Å². The number of rotatable bonds is 3. The van der Waals surface area contributed by atoms with Crippen LogP contribution in [0.2, 0.25) is 0 Å². The molecule has 8 nitrogen and oxygen atoms in total. The van der Waals surface area contributed by atoms with Gasteiger partial charge in [-0.1, -0.05) is 0 Å². The lowest BCUT2D eigenvalue weighted by Gasteiger charge is -2.32. The fourth-order valence-corrected chi connectivity index (χ4v) is 3.88. The lowest BCUT2D eigenvalue weighted by atomic mass is 10.1. The van der Waals surface area contributed by atoms with E-state index >= 15 is 0 Å². The smallest absolute Gasteiger partial charge is 0.253 e. The molecule has 3 aromatic heterocycles. The first kappa shape index (κ1) is 17.5. The first-order valence-corrected chi connectivity index (χ1v) is 9.33. The molecular formula is C19H25N7O. The van der Waals surface area contributed by atoms with Gasteiger partial charge in [-0.05, 0) is 38.8 Å².